The van der Waals surface area contributed by atoms with E-state index in [4.69, 9.17) is 22.8 Å². The molecule has 3 rings (SSSR count). The molecule has 1 saturated carbocycles. The van der Waals surface area contributed by atoms with E-state index in [0.29, 0.717) is 21.8 Å². The van der Waals surface area contributed by atoms with Crippen molar-refractivity contribution in [2.24, 2.45) is 11.8 Å². The van der Waals surface area contributed by atoms with Crippen LogP contribution in [0, 0.1) is 31.1 Å². The van der Waals surface area contributed by atoms with Crippen LogP contribution < -0.4 is 10.6 Å². The van der Waals surface area contributed by atoms with E-state index in [2.05, 4.69) is 16.6 Å². The summed E-state index contributed by atoms with van der Waals surface area (Å²) in [5.41, 5.74) is 1.81. The zero-order valence-electron chi connectivity index (χ0n) is 23.7. The van der Waals surface area contributed by atoms with E-state index in [9.17, 15) is 14.4 Å². The molecule has 4 atom stereocenters. The van der Waals surface area contributed by atoms with Gasteiger partial charge in [-0.15, -0.1) is 6.42 Å². The third-order valence-corrected chi connectivity index (χ3v) is 6.99. The van der Waals surface area contributed by atoms with Crippen molar-refractivity contribution in [2.45, 2.75) is 78.6 Å². The quantitative estimate of drug-likeness (QED) is 0.388. The van der Waals surface area contributed by atoms with Gasteiger partial charge in [0.1, 0.15) is 17.7 Å². The molecule has 3 amide bonds. The number of carbonyl (C=O) groups excluding carboxylic acids is 3. The number of carbonyl (C=O) groups is 3. The molecule has 208 valence electrons. The molecule has 4 unspecified atom stereocenters. The lowest BCUT2D eigenvalue weighted by atomic mass is 9.97. The Balaban J connectivity index is 2.06. The van der Waals surface area contributed by atoms with Crippen LogP contribution in [-0.2, 0) is 14.3 Å². The number of halogens is 1. The van der Waals surface area contributed by atoms with Crippen molar-refractivity contribution in [1.29, 1.82) is 0 Å². The number of alkyl carbamates (subject to hydrolysis) is 1. The molecule has 1 aliphatic carbocycles. The van der Waals surface area contributed by atoms with E-state index in [1.54, 1.807) is 62.1 Å². The van der Waals surface area contributed by atoms with Crippen LogP contribution in [0.2, 0.25) is 5.02 Å². The van der Waals surface area contributed by atoms with Gasteiger partial charge in [0.05, 0.1) is 10.7 Å². The van der Waals surface area contributed by atoms with Gasteiger partial charge in [-0.2, -0.15) is 0 Å². The third-order valence-electron chi connectivity index (χ3n) is 6.67. The second-order valence-electron chi connectivity index (χ2n) is 11.5. The smallest absolute Gasteiger partial charge is 0.408 e. The summed E-state index contributed by atoms with van der Waals surface area (Å²) in [6, 6.07) is 10.3. The summed E-state index contributed by atoms with van der Waals surface area (Å²) in [7, 11) is 0. The maximum absolute atomic E-state index is 14.3. The second-order valence-corrected chi connectivity index (χ2v) is 11.9. The highest BCUT2D eigenvalue weighted by Gasteiger charge is 2.48. The van der Waals surface area contributed by atoms with Crippen LogP contribution in [0.25, 0.3) is 0 Å². The number of terminal acetylenes is 1. The Kier molecular flexibility index (Phi) is 9.34. The van der Waals surface area contributed by atoms with Gasteiger partial charge in [0.15, 0.2) is 0 Å². The van der Waals surface area contributed by atoms with Crippen LogP contribution in [0.15, 0.2) is 42.5 Å². The van der Waals surface area contributed by atoms with Gasteiger partial charge >= 0.3 is 6.09 Å². The third kappa shape index (κ3) is 7.54. The summed E-state index contributed by atoms with van der Waals surface area (Å²) in [5.74, 6) is 1.74. The number of rotatable bonds is 8. The number of nitrogens with zero attached hydrogens (tertiary/aromatic N) is 1. The van der Waals surface area contributed by atoms with Gasteiger partial charge in [0.25, 0.3) is 5.91 Å². The Morgan fingerprint density at radius 2 is 1.74 bits per heavy atom. The standard InChI is InChI=1S/C31H38ClN3O4/c1-9-21-13-15-22(16-14-21)27(28(36)33-26-19(4)11-10-12-23(26)32)35(24-17-20(24)5)29(37)25(18(2)3)34-30(38)39-31(6,7)8/h1,10-16,18,20,24-25,27H,17H2,2-8H3,(H,33,36)(H,34,38). The summed E-state index contributed by atoms with van der Waals surface area (Å²) in [6.45, 7) is 12.8. The number of para-hydroxylation sites is 1. The minimum absolute atomic E-state index is 0.186. The summed E-state index contributed by atoms with van der Waals surface area (Å²) >= 11 is 6.43. The number of aryl methyl sites for hydroxylation is 1. The predicted octanol–water partition coefficient (Wildman–Crippen LogP) is 6.10. The summed E-state index contributed by atoms with van der Waals surface area (Å²) in [4.78, 5) is 42.6. The molecule has 0 saturated heterocycles. The lowest BCUT2D eigenvalue weighted by molar-refractivity contribution is -0.142. The normalized spacial score (nSPS) is 17.9. The van der Waals surface area contributed by atoms with Crippen molar-refractivity contribution < 1.29 is 19.1 Å². The number of ether oxygens (including phenoxy) is 1. The Hall–Kier alpha value is -3.50. The molecular formula is C31H38ClN3O4. The average molecular weight is 552 g/mol. The van der Waals surface area contributed by atoms with E-state index in [1.807, 2.05) is 33.8 Å². The highest BCUT2D eigenvalue weighted by Crippen LogP contribution is 2.41. The van der Waals surface area contributed by atoms with Crippen LogP contribution in [0.1, 0.15) is 70.7 Å². The minimum atomic E-state index is -0.989. The Labute approximate surface area is 236 Å². The van der Waals surface area contributed by atoms with Gasteiger partial charge in [0, 0.05) is 11.6 Å². The van der Waals surface area contributed by atoms with Gasteiger partial charge in [-0.25, -0.2) is 4.79 Å². The molecule has 1 aliphatic rings. The molecule has 39 heavy (non-hydrogen) atoms. The molecule has 2 N–H and O–H groups in total. The fraction of sp³-hybridized carbons (Fsp3) is 0.452. The molecule has 2 aromatic rings. The number of amides is 3. The highest BCUT2D eigenvalue weighted by atomic mass is 35.5. The van der Waals surface area contributed by atoms with Gasteiger partial charge in [-0.05, 0) is 75.3 Å². The summed E-state index contributed by atoms with van der Waals surface area (Å²) < 4.78 is 5.44. The van der Waals surface area contributed by atoms with E-state index < -0.39 is 29.7 Å². The van der Waals surface area contributed by atoms with E-state index in [-0.39, 0.29) is 23.8 Å². The SMILES string of the molecule is C#Cc1ccc(C(C(=O)Nc2c(C)cccc2Cl)N(C(=O)C(NC(=O)OC(C)(C)C)C(C)C)C2CC2C)cc1. The zero-order chi connectivity index (χ0) is 29.1. The fourth-order valence-corrected chi connectivity index (χ4v) is 4.73. The van der Waals surface area contributed by atoms with Crippen molar-refractivity contribution >= 4 is 35.2 Å². The lowest BCUT2D eigenvalue weighted by Gasteiger charge is -2.36. The Morgan fingerprint density at radius 3 is 2.23 bits per heavy atom. The van der Waals surface area contributed by atoms with Crippen molar-refractivity contribution in [3.05, 3.63) is 64.2 Å². The lowest BCUT2D eigenvalue weighted by Crippen LogP contribution is -2.55. The van der Waals surface area contributed by atoms with Crippen molar-refractivity contribution in [2.75, 3.05) is 5.32 Å². The van der Waals surface area contributed by atoms with Crippen molar-refractivity contribution in [1.82, 2.24) is 10.2 Å². The zero-order valence-corrected chi connectivity index (χ0v) is 24.4. The first kappa shape index (κ1) is 30.0. The molecule has 0 heterocycles. The monoisotopic (exact) mass is 551 g/mol. The molecule has 0 radical (unpaired) electrons. The van der Waals surface area contributed by atoms with Crippen LogP contribution in [0.5, 0.6) is 0 Å². The molecule has 2 aromatic carbocycles. The number of hydrogen-bond acceptors (Lipinski definition) is 4. The highest BCUT2D eigenvalue weighted by molar-refractivity contribution is 6.34. The van der Waals surface area contributed by atoms with Crippen LogP contribution in [0.4, 0.5) is 10.5 Å². The van der Waals surface area contributed by atoms with Crippen LogP contribution in [-0.4, -0.2) is 40.5 Å². The second kappa shape index (κ2) is 12.1. The first-order chi connectivity index (χ1) is 18.2. The molecule has 7 nitrogen and oxygen atoms in total. The fourth-order valence-electron chi connectivity index (χ4n) is 4.46. The van der Waals surface area contributed by atoms with E-state index in [0.717, 1.165) is 12.0 Å². The maximum atomic E-state index is 14.3. The maximum Gasteiger partial charge on any atom is 0.408 e. The molecule has 1 fully saturated rings. The topological polar surface area (TPSA) is 87.7 Å². The predicted molar refractivity (Wildman–Crippen MR) is 154 cm³/mol. The Morgan fingerprint density at radius 1 is 1.13 bits per heavy atom. The van der Waals surface area contributed by atoms with Gasteiger partial charge in [-0.3, -0.25) is 9.59 Å². The number of nitrogens with one attached hydrogen (secondary N) is 2. The van der Waals surface area contributed by atoms with Gasteiger partial charge in [-0.1, -0.05) is 62.6 Å². The Bertz CT molecular complexity index is 1240. The number of hydrogen-bond donors (Lipinski definition) is 2. The number of benzene rings is 2. The first-order valence-electron chi connectivity index (χ1n) is 13.2. The largest absolute Gasteiger partial charge is 0.444 e. The first-order valence-corrected chi connectivity index (χ1v) is 13.6. The number of anilines is 1. The van der Waals surface area contributed by atoms with E-state index >= 15 is 0 Å². The molecule has 8 heteroatoms. The van der Waals surface area contributed by atoms with E-state index in [1.165, 1.54) is 0 Å². The molecule has 0 bridgehead atoms. The molecule has 0 spiro atoms. The summed E-state index contributed by atoms with van der Waals surface area (Å²) in [5, 5.41) is 6.11. The van der Waals surface area contributed by atoms with Crippen LogP contribution >= 0.6 is 11.6 Å². The van der Waals surface area contributed by atoms with Crippen LogP contribution in [0.3, 0.4) is 0 Å². The average Bonchev–Trinajstić information content (AvgIpc) is 3.57. The van der Waals surface area contributed by atoms with Crippen molar-refractivity contribution in [3.8, 4) is 12.3 Å². The molecule has 0 aliphatic heterocycles. The summed E-state index contributed by atoms with van der Waals surface area (Å²) in [6.07, 6.45) is 5.60. The van der Waals surface area contributed by atoms with Crippen molar-refractivity contribution in [3.63, 3.8) is 0 Å². The minimum Gasteiger partial charge on any atom is -0.444 e. The molecule has 0 aromatic heterocycles. The van der Waals surface area contributed by atoms with Gasteiger partial charge < -0.3 is 20.3 Å². The molecular weight excluding hydrogens is 514 g/mol. The van der Waals surface area contributed by atoms with Gasteiger partial charge in [0.2, 0.25) is 5.91 Å².